The van der Waals surface area contributed by atoms with Gasteiger partial charge in [-0.1, -0.05) is 30.3 Å². The Morgan fingerprint density at radius 2 is 1.96 bits per heavy atom. The molecule has 0 spiro atoms. The minimum absolute atomic E-state index is 0. The van der Waals surface area contributed by atoms with Crippen LogP contribution < -0.4 is 0 Å². The van der Waals surface area contributed by atoms with Crippen molar-refractivity contribution in [2.45, 2.75) is 33.3 Å². The third-order valence-corrected chi connectivity index (χ3v) is 4.93. The fraction of sp³-hybridized carbons (Fsp3) is 0.300. The maximum Gasteiger partial charge on any atom is 0.0981 e. The summed E-state index contributed by atoms with van der Waals surface area (Å²) >= 11 is 0. The molecule has 1 aromatic carbocycles. The maximum atomic E-state index is 15.3. The van der Waals surface area contributed by atoms with Crippen molar-refractivity contribution < 1.29 is 42.2 Å². The van der Waals surface area contributed by atoms with Crippen molar-refractivity contribution in [2.75, 3.05) is 0 Å². The van der Waals surface area contributed by atoms with Gasteiger partial charge in [-0.3, -0.25) is 4.98 Å². The van der Waals surface area contributed by atoms with Gasteiger partial charge in [-0.25, -0.2) is 9.07 Å². The molecule has 3 aromatic heterocycles. The minimum atomic E-state index is -1.27. The monoisotopic (exact) mass is 455 g/mol. The Morgan fingerprint density at radius 3 is 2.54 bits per heavy atom. The molecule has 143 valence electrons. The van der Waals surface area contributed by atoms with Crippen LogP contribution in [0.15, 0.2) is 24.4 Å². The van der Waals surface area contributed by atoms with Gasteiger partial charge in [0.2, 0.25) is 0 Å². The van der Waals surface area contributed by atoms with E-state index in [0.29, 0.717) is 16.4 Å². The summed E-state index contributed by atoms with van der Waals surface area (Å²) in [5, 5.41) is 19.2. The third kappa shape index (κ3) is 3.06. The Bertz CT molecular complexity index is 1170. The van der Waals surface area contributed by atoms with E-state index in [0.717, 1.165) is 22.5 Å². The van der Waals surface area contributed by atoms with E-state index in [-0.39, 0.29) is 38.3 Å². The number of pyridine rings is 1. The molecule has 0 fully saturated rings. The number of hydrogen-bond acceptors (Lipinski definition) is 4. The van der Waals surface area contributed by atoms with Crippen molar-refractivity contribution in [3.05, 3.63) is 48.0 Å². The van der Waals surface area contributed by atoms with Gasteiger partial charge in [-0.05, 0) is 37.2 Å². The van der Waals surface area contributed by atoms with Crippen LogP contribution in [-0.4, -0.2) is 29.7 Å². The van der Waals surface area contributed by atoms with Gasteiger partial charge in [-0.15, -0.1) is 11.6 Å². The van der Waals surface area contributed by atoms with Crippen molar-refractivity contribution >= 4 is 21.9 Å². The zero-order chi connectivity index (χ0) is 19.5. The number of fused-ring (bicyclic) bond motifs is 3. The standard InChI is InChI=1S/C20H21FN5O.Y/c1-6-26-15-9-12(18-11(2)23-24-25(18)5)10-22-17(15)13-7-8-14(20(3,4)27)16(21)19(13)26;/h6-10,27H,1-5H3;/q-1;. The van der Waals surface area contributed by atoms with Crippen molar-refractivity contribution in [1.82, 2.24) is 24.5 Å². The van der Waals surface area contributed by atoms with Crippen molar-refractivity contribution in [1.29, 1.82) is 0 Å². The second-order valence-electron chi connectivity index (χ2n) is 7.25. The largest absolute Gasteiger partial charge is 0.475 e. The Morgan fingerprint density at radius 1 is 1.25 bits per heavy atom. The molecule has 0 unspecified atom stereocenters. The molecule has 8 heteroatoms. The van der Waals surface area contributed by atoms with Crippen LogP contribution in [0.2, 0.25) is 0 Å². The molecular weight excluding hydrogens is 434 g/mol. The van der Waals surface area contributed by atoms with Gasteiger partial charge in [0.15, 0.2) is 0 Å². The molecule has 0 amide bonds. The molecular formula is C20H21FN5OY-. The van der Waals surface area contributed by atoms with Crippen LogP contribution in [0, 0.1) is 19.3 Å². The van der Waals surface area contributed by atoms with Gasteiger partial charge in [0.1, 0.15) is 0 Å². The molecule has 0 aliphatic rings. The summed E-state index contributed by atoms with van der Waals surface area (Å²) in [7, 11) is 1.83. The van der Waals surface area contributed by atoms with Crippen molar-refractivity contribution in [2.24, 2.45) is 7.05 Å². The van der Waals surface area contributed by atoms with Gasteiger partial charge < -0.3 is 9.67 Å². The molecule has 28 heavy (non-hydrogen) atoms. The van der Waals surface area contributed by atoms with Gasteiger partial charge in [0.25, 0.3) is 0 Å². The number of aliphatic hydroxyl groups is 1. The molecule has 6 nitrogen and oxygen atoms in total. The SMILES string of the molecule is C[CH-]n1c2cc(-c3c(C)nnn3C)cnc2c2ccc(C(C)(C)O)c(F)c21.[Y]. The summed E-state index contributed by atoms with van der Waals surface area (Å²) in [4.78, 5) is 4.61. The number of nitrogens with zero attached hydrogens (tertiary/aromatic N) is 5. The van der Waals surface area contributed by atoms with E-state index in [2.05, 4.69) is 15.3 Å². The predicted octanol–water partition coefficient (Wildman–Crippen LogP) is 3.69. The van der Waals surface area contributed by atoms with Crippen LogP contribution in [0.3, 0.4) is 0 Å². The average Bonchev–Trinajstić information content (AvgIpc) is 3.11. The zero-order valence-corrected chi connectivity index (χ0v) is 19.4. The number of halogens is 1. The summed E-state index contributed by atoms with van der Waals surface area (Å²) in [6.45, 7) is 8.70. The molecule has 0 aliphatic heterocycles. The fourth-order valence-corrected chi connectivity index (χ4v) is 3.68. The predicted molar refractivity (Wildman–Crippen MR) is 103 cm³/mol. The zero-order valence-electron chi connectivity index (χ0n) is 16.5. The molecule has 1 radical (unpaired) electrons. The van der Waals surface area contributed by atoms with E-state index < -0.39 is 11.4 Å². The van der Waals surface area contributed by atoms with E-state index in [1.165, 1.54) is 0 Å². The minimum Gasteiger partial charge on any atom is -0.475 e. The van der Waals surface area contributed by atoms with Crippen LogP contribution in [0.1, 0.15) is 32.0 Å². The number of aryl methyl sites for hydroxylation is 2. The Hall–Kier alpha value is -1.83. The van der Waals surface area contributed by atoms with Crippen molar-refractivity contribution in [3.63, 3.8) is 0 Å². The molecule has 3 heterocycles. The second kappa shape index (κ2) is 7.21. The number of aromatic nitrogens is 5. The quantitative estimate of drug-likeness (QED) is 0.479. The molecule has 0 atom stereocenters. The smallest absolute Gasteiger partial charge is 0.0981 e. The van der Waals surface area contributed by atoms with Gasteiger partial charge in [-0.2, -0.15) is 0 Å². The molecule has 4 rings (SSSR count). The number of rotatable bonds is 3. The summed E-state index contributed by atoms with van der Waals surface area (Å²) in [6, 6.07) is 5.41. The molecule has 0 saturated heterocycles. The molecule has 1 N–H and O–H groups in total. The average molecular weight is 455 g/mol. The topological polar surface area (TPSA) is 68.8 Å². The molecule has 0 bridgehead atoms. The molecule has 4 aromatic rings. The van der Waals surface area contributed by atoms with Gasteiger partial charge in [0.05, 0.1) is 22.8 Å². The van der Waals surface area contributed by atoms with E-state index in [4.69, 9.17) is 0 Å². The summed E-state index contributed by atoms with van der Waals surface area (Å²) in [6.07, 6.45) is 1.76. The van der Waals surface area contributed by atoms with Crippen LogP contribution in [0.4, 0.5) is 4.39 Å². The third-order valence-electron chi connectivity index (χ3n) is 4.93. The summed E-state index contributed by atoms with van der Waals surface area (Å²) in [5.74, 6) is -0.434. The number of hydrogen-bond donors (Lipinski definition) is 1. The van der Waals surface area contributed by atoms with Gasteiger partial charge in [0, 0.05) is 62.6 Å². The van der Waals surface area contributed by atoms with Crippen LogP contribution in [-0.2, 0) is 45.4 Å². The van der Waals surface area contributed by atoms with Crippen LogP contribution in [0.25, 0.3) is 33.2 Å². The first-order valence-corrected chi connectivity index (χ1v) is 8.75. The van der Waals surface area contributed by atoms with E-state index in [1.807, 2.05) is 39.6 Å². The molecule has 0 saturated carbocycles. The summed E-state index contributed by atoms with van der Waals surface area (Å²) < 4.78 is 18.8. The molecule has 0 aliphatic carbocycles. The first-order valence-electron chi connectivity index (χ1n) is 8.75. The maximum absolute atomic E-state index is 15.3. The normalized spacial score (nSPS) is 11.8. The number of benzene rings is 1. The first kappa shape index (κ1) is 20.9. The Labute approximate surface area is 187 Å². The fourth-order valence-electron chi connectivity index (χ4n) is 3.68. The first-order chi connectivity index (χ1) is 12.7. The van der Waals surface area contributed by atoms with Gasteiger partial charge >= 0.3 is 0 Å². The van der Waals surface area contributed by atoms with E-state index in [1.54, 1.807) is 35.4 Å². The van der Waals surface area contributed by atoms with E-state index >= 15 is 4.39 Å². The Kier molecular flexibility index (Phi) is 5.38. The second-order valence-corrected chi connectivity index (χ2v) is 7.25. The van der Waals surface area contributed by atoms with Crippen LogP contribution in [0.5, 0.6) is 0 Å². The Balaban J connectivity index is 0.00000225. The summed E-state index contributed by atoms with van der Waals surface area (Å²) in [5.41, 5.74) is 3.43. The van der Waals surface area contributed by atoms with Crippen LogP contribution >= 0.6 is 0 Å². The van der Waals surface area contributed by atoms with Crippen molar-refractivity contribution in [3.8, 4) is 11.3 Å². The van der Waals surface area contributed by atoms with E-state index in [9.17, 15) is 5.11 Å².